The fourth-order valence-corrected chi connectivity index (χ4v) is 3.95. The van der Waals surface area contributed by atoms with Crippen molar-refractivity contribution < 1.29 is 9.47 Å². The van der Waals surface area contributed by atoms with Gasteiger partial charge in [0.1, 0.15) is 11.6 Å². The Morgan fingerprint density at radius 1 is 1.00 bits per heavy atom. The van der Waals surface area contributed by atoms with Crippen LogP contribution < -0.4 is 15.5 Å². The molecule has 3 aromatic rings. The van der Waals surface area contributed by atoms with Gasteiger partial charge in [0.25, 0.3) is 0 Å². The van der Waals surface area contributed by atoms with Gasteiger partial charge in [0.2, 0.25) is 5.95 Å². The molecule has 0 saturated carbocycles. The normalized spacial score (nSPS) is 22.6. The van der Waals surface area contributed by atoms with Crippen LogP contribution in [0, 0.1) is 0 Å². The Balaban J connectivity index is 1.64. The van der Waals surface area contributed by atoms with Crippen LogP contribution in [0.15, 0.2) is 18.3 Å². The molecule has 0 amide bonds. The Morgan fingerprint density at radius 3 is 2.40 bits per heavy atom. The Kier molecular flexibility index (Phi) is 4.87. The van der Waals surface area contributed by atoms with Crippen LogP contribution in [0.2, 0.25) is 0 Å². The van der Waals surface area contributed by atoms with E-state index >= 15 is 0 Å². The van der Waals surface area contributed by atoms with E-state index in [1.54, 1.807) is 12.3 Å². The van der Waals surface area contributed by atoms with Gasteiger partial charge >= 0.3 is 0 Å². The SMILES string of the molecule is C[C@H]1COCCN1c1nc(N2CCOC[C@@H]2C)c2nc(-c3ccc(N)nc3)[nH]c2n1. The first-order valence-electron chi connectivity index (χ1n) is 10.3. The number of fused-ring (bicyclic) bond motifs is 1. The number of aromatic nitrogens is 5. The molecular formula is C20H26N8O2. The summed E-state index contributed by atoms with van der Waals surface area (Å²) in [5, 5.41) is 0. The molecule has 158 valence electrons. The van der Waals surface area contributed by atoms with Crippen LogP contribution in [-0.4, -0.2) is 76.5 Å². The fraction of sp³-hybridized carbons (Fsp3) is 0.500. The number of hydrogen-bond donors (Lipinski definition) is 2. The highest BCUT2D eigenvalue weighted by molar-refractivity contribution is 5.87. The fourth-order valence-electron chi connectivity index (χ4n) is 3.95. The van der Waals surface area contributed by atoms with Crippen LogP contribution >= 0.6 is 0 Å². The number of nitrogen functional groups attached to an aromatic ring is 1. The van der Waals surface area contributed by atoms with E-state index in [1.807, 2.05) is 6.07 Å². The largest absolute Gasteiger partial charge is 0.384 e. The number of imidazole rings is 1. The smallest absolute Gasteiger partial charge is 0.229 e. The number of pyridine rings is 1. The molecule has 10 nitrogen and oxygen atoms in total. The van der Waals surface area contributed by atoms with Crippen LogP contribution in [-0.2, 0) is 9.47 Å². The highest BCUT2D eigenvalue weighted by Crippen LogP contribution is 2.31. The lowest BCUT2D eigenvalue weighted by Crippen LogP contribution is -2.46. The van der Waals surface area contributed by atoms with E-state index in [9.17, 15) is 0 Å². The molecule has 0 aliphatic carbocycles. The Morgan fingerprint density at radius 2 is 1.73 bits per heavy atom. The summed E-state index contributed by atoms with van der Waals surface area (Å²) in [4.78, 5) is 26.7. The van der Waals surface area contributed by atoms with Gasteiger partial charge < -0.3 is 30.0 Å². The molecule has 2 atom stereocenters. The molecule has 0 spiro atoms. The van der Waals surface area contributed by atoms with Gasteiger partial charge in [-0.15, -0.1) is 0 Å². The second kappa shape index (κ2) is 7.69. The molecule has 2 aliphatic heterocycles. The van der Waals surface area contributed by atoms with Gasteiger partial charge in [-0.1, -0.05) is 0 Å². The lowest BCUT2D eigenvalue weighted by atomic mass is 10.2. The van der Waals surface area contributed by atoms with Crippen molar-refractivity contribution in [2.45, 2.75) is 25.9 Å². The predicted octanol–water partition coefficient (Wildman–Crippen LogP) is 1.45. The molecular weight excluding hydrogens is 384 g/mol. The third-order valence-corrected chi connectivity index (χ3v) is 5.64. The summed E-state index contributed by atoms with van der Waals surface area (Å²) in [5.74, 6) is 2.69. The van der Waals surface area contributed by atoms with Gasteiger partial charge in [0, 0.05) is 24.8 Å². The summed E-state index contributed by atoms with van der Waals surface area (Å²) in [6.07, 6.45) is 1.71. The summed E-state index contributed by atoms with van der Waals surface area (Å²) >= 11 is 0. The third-order valence-electron chi connectivity index (χ3n) is 5.64. The first kappa shape index (κ1) is 19.0. The van der Waals surface area contributed by atoms with Crippen LogP contribution in [0.3, 0.4) is 0 Å². The molecule has 2 saturated heterocycles. The van der Waals surface area contributed by atoms with Crippen molar-refractivity contribution in [1.82, 2.24) is 24.9 Å². The lowest BCUT2D eigenvalue weighted by Gasteiger charge is -2.36. The highest BCUT2D eigenvalue weighted by Gasteiger charge is 2.28. The molecule has 0 aromatic carbocycles. The minimum atomic E-state index is 0.199. The van der Waals surface area contributed by atoms with Crippen molar-refractivity contribution in [3.05, 3.63) is 18.3 Å². The molecule has 2 fully saturated rings. The van der Waals surface area contributed by atoms with Crippen LogP contribution in [0.25, 0.3) is 22.6 Å². The first-order chi connectivity index (χ1) is 14.6. The number of hydrogen-bond acceptors (Lipinski definition) is 9. The number of anilines is 3. The van der Waals surface area contributed by atoms with E-state index in [1.165, 1.54) is 0 Å². The Bertz CT molecular complexity index is 1040. The second-order valence-corrected chi connectivity index (χ2v) is 7.84. The molecule has 0 bridgehead atoms. The molecule has 5 heterocycles. The van der Waals surface area contributed by atoms with E-state index in [4.69, 9.17) is 30.2 Å². The van der Waals surface area contributed by atoms with Crippen molar-refractivity contribution in [2.75, 3.05) is 55.1 Å². The molecule has 5 rings (SSSR count). The summed E-state index contributed by atoms with van der Waals surface area (Å²) in [6, 6.07) is 4.06. The van der Waals surface area contributed by atoms with Crippen molar-refractivity contribution in [1.29, 1.82) is 0 Å². The van der Waals surface area contributed by atoms with Gasteiger partial charge in [-0.2, -0.15) is 9.97 Å². The van der Waals surface area contributed by atoms with Crippen LogP contribution in [0.4, 0.5) is 17.6 Å². The van der Waals surface area contributed by atoms with Gasteiger partial charge in [-0.3, -0.25) is 0 Å². The molecule has 0 unspecified atom stereocenters. The molecule has 30 heavy (non-hydrogen) atoms. The minimum Gasteiger partial charge on any atom is -0.384 e. The summed E-state index contributed by atoms with van der Waals surface area (Å²) in [6.45, 7) is 8.44. The third kappa shape index (κ3) is 3.41. The predicted molar refractivity (Wildman–Crippen MR) is 115 cm³/mol. The zero-order valence-corrected chi connectivity index (χ0v) is 17.2. The number of ether oxygens (including phenoxy) is 2. The van der Waals surface area contributed by atoms with E-state index in [2.05, 4.69) is 33.6 Å². The van der Waals surface area contributed by atoms with E-state index < -0.39 is 0 Å². The summed E-state index contributed by atoms with van der Waals surface area (Å²) in [7, 11) is 0. The zero-order chi connectivity index (χ0) is 20.7. The number of morpholine rings is 2. The number of nitrogens with zero attached hydrogens (tertiary/aromatic N) is 6. The van der Waals surface area contributed by atoms with Crippen molar-refractivity contribution in [2.24, 2.45) is 0 Å². The van der Waals surface area contributed by atoms with Crippen molar-refractivity contribution >= 4 is 28.7 Å². The molecule has 3 aromatic heterocycles. The highest BCUT2D eigenvalue weighted by atomic mass is 16.5. The van der Waals surface area contributed by atoms with E-state index in [0.29, 0.717) is 49.7 Å². The molecule has 2 aliphatic rings. The summed E-state index contributed by atoms with van der Waals surface area (Å²) < 4.78 is 11.2. The monoisotopic (exact) mass is 410 g/mol. The maximum absolute atomic E-state index is 5.73. The van der Waals surface area contributed by atoms with Crippen LogP contribution in [0.5, 0.6) is 0 Å². The Labute approximate surface area is 174 Å². The quantitative estimate of drug-likeness (QED) is 0.661. The number of H-pyrrole nitrogens is 1. The lowest BCUT2D eigenvalue weighted by molar-refractivity contribution is 0.0973. The average Bonchev–Trinajstić information content (AvgIpc) is 3.18. The van der Waals surface area contributed by atoms with Gasteiger partial charge in [-0.05, 0) is 26.0 Å². The van der Waals surface area contributed by atoms with E-state index in [0.717, 1.165) is 30.0 Å². The van der Waals surface area contributed by atoms with Gasteiger partial charge in [0.05, 0.1) is 38.5 Å². The first-order valence-corrected chi connectivity index (χ1v) is 10.3. The average molecular weight is 410 g/mol. The molecule has 10 heteroatoms. The summed E-state index contributed by atoms with van der Waals surface area (Å²) in [5.41, 5.74) is 8.04. The van der Waals surface area contributed by atoms with Crippen molar-refractivity contribution in [3.8, 4) is 11.4 Å². The second-order valence-electron chi connectivity index (χ2n) is 7.84. The standard InChI is InChI=1S/C20H26N8O2/c1-12-10-29-7-5-27(12)19-16-18(24-17(23-16)14-3-4-15(21)22-9-14)25-20(26-19)28-6-8-30-11-13(28)2/h3-4,9,12-13H,5-8,10-11H2,1-2H3,(H2,21,22)(H,23,24,25,26)/t12-,13-/m0/s1. The minimum absolute atomic E-state index is 0.199. The topological polar surface area (TPSA) is 118 Å². The van der Waals surface area contributed by atoms with Crippen molar-refractivity contribution in [3.63, 3.8) is 0 Å². The molecule has 3 N–H and O–H groups in total. The molecule has 0 radical (unpaired) electrons. The van der Waals surface area contributed by atoms with Crippen LogP contribution in [0.1, 0.15) is 13.8 Å². The number of nitrogens with two attached hydrogens (primary N) is 1. The number of rotatable bonds is 3. The number of nitrogens with one attached hydrogen (secondary N) is 1. The zero-order valence-electron chi connectivity index (χ0n) is 17.2. The van der Waals surface area contributed by atoms with Gasteiger partial charge in [0.15, 0.2) is 17.0 Å². The Hall–Kier alpha value is -2.98. The maximum Gasteiger partial charge on any atom is 0.229 e. The van der Waals surface area contributed by atoms with E-state index in [-0.39, 0.29) is 12.1 Å². The van der Waals surface area contributed by atoms with Gasteiger partial charge in [-0.25, -0.2) is 9.97 Å². The number of aromatic amines is 1. The maximum atomic E-state index is 5.73.